The number of amides is 2. The Kier molecular flexibility index (Phi) is 4.56. The lowest BCUT2D eigenvalue weighted by atomic mass is 9.77. The van der Waals surface area contributed by atoms with Crippen LogP contribution in [0.5, 0.6) is 5.75 Å². The summed E-state index contributed by atoms with van der Waals surface area (Å²) in [4.78, 5) is 24.8. The van der Waals surface area contributed by atoms with Crippen LogP contribution in [-0.2, 0) is 0 Å². The van der Waals surface area contributed by atoms with E-state index in [0.29, 0.717) is 0 Å². The number of phenolic OH excluding ortho intramolecular Hbond substituents is 1. The van der Waals surface area contributed by atoms with Crippen LogP contribution in [0.1, 0.15) is 22.0 Å². The number of phenols is 1. The highest BCUT2D eigenvalue weighted by Gasteiger charge is 2.66. The number of para-hydroxylation sites is 1. The molecule has 0 aromatic heterocycles. The lowest BCUT2D eigenvalue weighted by molar-refractivity contribution is -0.287. The SMILES string of the molecule is O=C1N[C@@H](c2ccccc2O)[C@@H](C(=O)c2ccccc2)[C@](O)(C(F)(F)F)N1. The number of alkyl halides is 3. The second-order valence-electron chi connectivity index (χ2n) is 6.11. The lowest BCUT2D eigenvalue weighted by Gasteiger charge is -2.45. The standard InChI is InChI=1S/C18H15F3N2O4/c19-18(20,21)17(27)13(15(25)10-6-2-1-3-7-10)14(22-16(26)23-17)11-8-4-5-9-12(11)24/h1-9,13-14,24,27H,(H2,22,23,26)/t13-,14-,17-/m0/s1. The fourth-order valence-corrected chi connectivity index (χ4v) is 3.13. The number of halogens is 3. The van der Waals surface area contributed by atoms with E-state index < -0.39 is 41.4 Å². The molecule has 0 saturated carbocycles. The fraction of sp³-hybridized carbons (Fsp3) is 0.222. The van der Waals surface area contributed by atoms with Crippen molar-refractivity contribution < 1.29 is 33.0 Å². The third kappa shape index (κ3) is 3.21. The molecule has 6 nitrogen and oxygen atoms in total. The molecule has 0 aliphatic carbocycles. The van der Waals surface area contributed by atoms with Gasteiger partial charge in [-0.05, 0) is 6.07 Å². The molecule has 1 fully saturated rings. The van der Waals surface area contributed by atoms with E-state index in [4.69, 9.17) is 0 Å². The maximum Gasteiger partial charge on any atom is 0.437 e. The van der Waals surface area contributed by atoms with Gasteiger partial charge in [-0.3, -0.25) is 4.79 Å². The van der Waals surface area contributed by atoms with Crippen LogP contribution in [0.4, 0.5) is 18.0 Å². The van der Waals surface area contributed by atoms with E-state index in [2.05, 4.69) is 5.32 Å². The molecule has 1 saturated heterocycles. The van der Waals surface area contributed by atoms with Crippen molar-refractivity contribution in [2.75, 3.05) is 0 Å². The highest BCUT2D eigenvalue weighted by molar-refractivity contribution is 6.00. The Balaban J connectivity index is 2.19. The normalized spacial score (nSPS) is 25.4. The van der Waals surface area contributed by atoms with E-state index in [-0.39, 0.29) is 11.1 Å². The Labute approximate surface area is 151 Å². The summed E-state index contributed by atoms with van der Waals surface area (Å²) in [6.45, 7) is 0. The number of hydrogen-bond donors (Lipinski definition) is 4. The molecule has 27 heavy (non-hydrogen) atoms. The summed E-state index contributed by atoms with van der Waals surface area (Å²) in [7, 11) is 0. The molecule has 2 aromatic rings. The van der Waals surface area contributed by atoms with E-state index in [1.807, 2.05) is 0 Å². The average Bonchev–Trinajstić information content (AvgIpc) is 2.61. The maximum absolute atomic E-state index is 13.7. The first-order valence-corrected chi connectivity index (χ1v) is 7.90. The number of ketones is 1. The molecule has 4 N–H and O–H groups in total. The quantitative estimate of drug-likeness (QED) is 0.615. The number of urea groups is 1. The van der Waals surface area contributed by atoms with Gasteiger partial charge < -0.3 is 20.8 Å². The third-order valence-corrected chi connectivity index (χ3v) is 4.42. The summed E-state index contributed by atoms with van der Waals surface area (Å²) >= 11 is 0. The van der Waals surface area contributed by atoms with Gasteiger partial charge in [-0.1, -0.05) is 48.5 Å². The van der Waals surface area contributed by atoms with Gasteiger partial charge in [-0.25, -0.2) is 4.79 Å². The van der Waals surface area contributed by atoms with Gasteiger partial charge in [0.05, 0.1) is 6.04 Å². The van der Waals surface area contributed by atoms with Crippen LogP contribution in [0, 0.1) is 5.92 Å². The number of benzene rings is 2. The van der Waals surface area contributed by atoms with Crippen molar-refractivity contribution in [2.24, 2.45) is 5.92 Å². The van der Waals surface area contributed by atoms with E-state index in [9.17, 15) is 33.0 Å². The summed E-state index contributed by atoms with van der Waals surface area (Å²) < 4.78 is 41.1. The van der Waals surface area contributed by atoms with Crippen LogP contribution in [-0.4, -0.2) is 33.9 Å². The molecule has 1 aliphatic rings. The van der Waals surface area contributed by atoms with Gasteiger partial charge in [-0.2, -0.15) is 13.2 Å². The van der Waals surface area contributed by atoms with Crippen LogP contribution in [0.3, 0.4) is 0 Å². The monoisotopic (exact) mass is 380 g/mol. The third-order valence-electron chi connectivity index (χ3n) is 4.42. The summed E-state index contributed by atoms with van der Waals surface area (Å²) in [5, 5.41) is 24.1. The van der Waals surface area contributed by atoms with Crippen LogP contribution in [0.25, 0.3) is 0 Å². The summed E-state index contributed by atoms with van der Waals surface area (Å²) in [6, 6.07) is 9.52. The van der Waals surface area contributed by atoms with Crippen molar-refractivity contribution in [3.63, 3.8) is 0 Å². The van der Waals surface area contributed by atoms with Gasteiger partial charge >= 0.3 is 12.2 Å². The van der Waals surface area contributed by atoms with Crippen molar-refractivity contribution in [3.8, 4) is 5.75 Å². The predicted molar refractivity (Wildman–Crippen MR) is 87.8 cm³/mol. The topological polar surface area (TPSA) is 98.7 Å². The first-order chi connectivity index (χ1) is 12.6. The first kappa shape index (κ1) is 18.7. The van der Waals surface area contributed by atoms with Gasteiger partial charge in [-0.15, -0.1) is 0 Å². The van der Waals surface area contributed by atoms with E-state index in [1.165, 1.54) is 53.8 Å². The molecule has 142 valence electrons. The van der Waals surface area contributed by atoms with Gasteiger partial charge in [0, 0.05) is 11.1 Å². The largest absolute Gasteiger partial charge is 0.508 e. The minimum absolute atomic E-state index is 0.0801. The number of hydrogen-bond acceptors (Lipinski definition) is 4. The Morgan fingerprint density at radius 1 is 1.04 bits per heavy atom. The van der Waals surface area contributed by atoms with Gasteiger partial charge in [0.15, 0.2) is 5.78 Å². The zero-order valence-electron chi connectivity index (χ0n) is 13.7. The molecule has 0 unspecified atom stereocenters. The molecule has 2 amide bonds. The minimum atomic E-state index is -5.34. The fourth-order valence-electron chi connectivity index (χ4n) is 3.13. The van der Waals surface area contributed by atoms with Crippen molar-refractivity contribution in [1.29, 1.82) is 0 Å². The van der Waals surface area contributed by atoms with Crippen molar-refractivity contribution in [2.45, 2.75) is 17.9 Å². The van der Waals surface area contributed by atoms with Crippen LogP contribution in [0.2, 0.25) is 0 Å². The molecular weight excluding hydrogens is 365 g/mol. The number of nitrogens with one attached hydrogen (secondary N) is 2. The molecule has 2 aromatic carbocycles. The van der Waals surface area contributed by atoms with Crippen molar-refractivity contribution >= 4 is 11.8 Å². The minimum Gasteiger partial charge on any atom is -0.508 e. The second-order valence-corrected chi connectivity index (χ2v) is 6.11. The molecule has 0 bridgehead atoms. The molecular formula is C18H15F3N2O4. The van der Waals surface area contributed by atoms with E-state index in [1.54, 1.807) is 6.07 Å². The number of carbonyl (C=O) groups is 2. The zero-order valence-corrected chi connectivity index (χ0v) is 13.7. The van der Waals surface area contributed by atoms with Gasteiger partial charge in [0.25, 0.3) is 0 Å². The Bertz CT molecular complexity index is 872. The molecule has 3 rings (SSSR count). The Hall–Kier alpha value is -3.07. The maximum atomic E-state index is 13.7. The van der Waals surface area contributed by atoms with Crippen LogP contribution < -0.4 is 10.6 Å². The molecule has 1 heterocycles. The zero-order chi connectivity index (χ0) is 19.8. The van der Waals surface area contributed by atoms with E-state index in [0.717, 1.165) is 0 Å². The molecule has 1 aliphatic heterocycles. The second kappa shape index (κ2) is 6.58. The molecule has 0 spiro atoms. The number of carbonyl (C=O) groups excluding carboxylic acids is 2. The summed E-state index contributed by atoms with van der Waals surface area (Å²) in [5.41, 5.74) is -4.03. The smallest absolute Gasteiger partial charge is 0.437 e. The number of Topliss-reactive ketones (excluding diaryl/α,β-unsaturated/α-hetero) is 1. The molecule has 0 radical (unpaired) electrons. The summed E-state index contributed by atoms with van der Waals surface area (Å²) in [5.74, 6) is -3.64. The highest BCUT2D eigenvalue weighted by Crippen LogP contribution is 2.45. The molecule has 9 heteroatoms. The summed E-state index contributed by atoms with van der Waals surface area (Å²) in [6.07, 6.45) is -5.34. The number of aromatic hydroxyl groups is 1. The number of aliphatic hydroxyl groups is 1. The van der Waals surface area contributed by atoms with Gasteiger partial charge in [0.1, 0.15) is 11.7 Å². The molecule has 3 atom stereocenters. The Morgan fingerprint density at radius 3 is 2.22 bits per heavy atom. The number of rotatable bonds is 3. The highest BCUT2D eigenvalue weighted by atomic mass is 19.4. The van der Waals surface area contributed by atoms with Crippen molar-refractivity contribution in [3.05, 3.63) is 65.7 Å². The van der Waals surface area contributed by atoms with Gasteiger partial charge in [0.2, 0.25) is 5.72 Å². The Morgan fingerprint density at radius 2 is 1.63 bits per heavy atom. The van der Waals surface area contributed by atoms with Crippen molar-refractivity contribution in [1.82, 2.24) is 10.6 Å². The van der Waals surface area contributed by atoms with Crippen LogP contribution in [0.15, 0.2) is 54.6 Å². The first-order valence-electron chi connectivity index (χ1n) is 7.90. The van der Waals surface area contributed by atoms with Crippen LogP contribution >= 0.6 is 0 Å². The lowest BCUT2D eigenvalue weighted by Crippen LogP contribution is -2.72. The average molecular weight is 380 g/mol. The predicted octanol–water partition coefficient (Wildman–Crippen LogP) is 2.50. The van der Waals surface area contributed by atoms with E-state index >= 15 is 0 Å².